The molecule has 2 saturated heterocycles. The molecule has 3 atom stereocenters. The molecule has 0 aromatic carbocycles. The fourth-order valence-corrected chi connectivity index (χ4v) is 4.47. The molecule has 2 fully saturated rings. The van der Waals surface area contributed by atoms with Crippen molar-refractivity contribution in [1.82, 2.24) is 20.3 Å². The predicted octanol–water partition coefficient (Wildman–Crippen LogP) is 3.37. The lowest BCUT2D eigenvalue weighted by Crippen LogP contribution is -2.35. The van der Waals surface area contributed by atoms with Crippen LogP contribution in [0.2, 0.25) is 0 Å². The summed E-state index contributed by atoms with van der Waals surface area (Å²) in [5, 5.41) is 5.50. The van der Waals surface area contributed by atoms with E-state index in [0.29, 0.717) is 6.54 Å². The number of cyclic esters (lactones) is 1. The molecule has 0 aliphatic carbocycles. The Morgan fingerprint density at radius 1 is 1.22 bits per heavy atom. The molecule has 32 heavy (non-hydrogen) atoms. The quantitative estimate of drug-likeness (QED) is 0.685. The third-order valence-electron chi connectivity index (χ3n) is 5.85. The Bertz CT molecular complexity index is 1060. The van der Waals surface area contributed by atoms with E-state index in [1.165, 1.54) is 0 Å². The van der Waals surface area contributed by atoms with Gasteiger partial charge in [0.2, 0.25) is 0 Å². The van der Waals surface area contributed by atoms with Crippen molar-refractivity contribution < 1.29 is 31.5 Å². The molecule has 2 aromatic rings. The van der Waals surface area contributed by atoms with E-state index in [1.807, 2.05) is 0 Å². The van der Waals surface area contributed by atoms with Gasteiger partial charge in [0.25, 0.3) is 6.43 Å². The molecule has 13 heteroatoms. The molecule has 1 amide bonds. The van der Waals surface area contributed by atoms with E-state index in [0.717, 1.165) is 37.8 Å². The predicted molar refractivity (Wildman–Crippen MR) is 101 cm³/mol. The first-order valence-electron chi connectivity index (χ1n) is 9.91. The summed E-state index contributed by atoms with van der Waals surface area (Å²) < 4.78 is 73.1. The monoisotopic (exact) mass is 456 g/mol. The van der Waals surface area contributed by atoms with Gasteiger partial charge in [0.15, 0.2) is 6.10 Å². The molecule has 8 nitrogen and oxygen atoms in total. The van der Waals surface area contributed by atoms with Crippen molar-refractivity contribution in [2.45, 2.75) is 43.6 Å². The van der Waals surface area contributed by atoms with Gasteiger partial charge < -0.3 is 15.0 Å². The van der Waals surface area contributed by atoms with Crippen molar-refractivity contribution in [3.05, 3.63) is 29.6 Å². The van der Waals surface area contributed by atoms with Crippen LogP contribution in [-0.4, -0.2) is 52.6 Å². The highest BCUT2D eigenvalue weighted by molar-refractivity contribution is 5.88. The van der Waals surface area contributed by atoms with E-state index in [-0.39, 0.29) is 40.7 Å². The zero-order valence-corrected chi connectivity index (χ0v) is 16.4. The van der Waals surface area contributed by atoms with Crippen molar-refractivity contribution in [2.24, 2.45) is 0 Å². The molecule has 3 unspecified atom stereocenters. The maximum Gasteiger partial charge on any atom is 0.416 e. The molecule has 5 rings (SSSR count). The van der Waals surface area contributed by atoms with E-state index in [9.17, 15) is 26.7 Å². The second-order valence-corrected chi connectivity index (χ2v) is 7.85. The highest BCUT2D eigenvalue weighted by Gasteiger charge is 2.40. The Morgan fingerprint density at radius 2 is 2.03 bits per heavy atom. The Kier molecular flexibility index (Phi) is 4.87. The smallest absolute Gasteiger partial charge is 0.416 e. The molecule has 2 N–H and O–H groups in total. The SMILES string of the molecule is O=C1Nc2ncnc(-c3cc(C(F)(F)F)cc(N4CC5CC4CCN5)n3)c2C(C(F)F)O1. The largest absolute Gasteiger partial charge is 0.435 e. The molecule has 170 valence electrons. The topological polar surface area (TPSA) is 92.3 Å². The summed E-state index contributed by atoms with van der Waals surface area (Å²) >= 11 is 0. The summed E-state index contributed by atoms with van der Waals surface area (Å²) in [5.41, 5.74) is -1.81. The molecular formula is C19H17F5N6O2. The first-order chi connectivity index (χ1) is 15.2. The van der Waals surface area contributed by atoms with Crippen LogP contribution in [0.5, 0.6) is 0 Å². The average molecular weight is 456 g/mol. The van der Waals surface area contributed by atoms with Crippen LogP contribution in [0.1, 0.15) is 30.1 Å². The lowest BCUT2D eigenvalue weighted by atomic mass is 10.0. The fourth-order valence-electron chi connectivity index (χ4n) is 4.47. The molecule has 5 heterocycles. The number of fused-ring (bicyclic) bond motifs is 3. The first kappa shape index (κ1) is 20.8. The van der Waals surface area contributed by atoms with Gasteiger partial charge in [-0.05, 0) is 31.5 Å². The number of hydrogen-bond acceptors (Lipinski definition) is 7. The van der Waals surface area contributed by atoms with Gasteiger partial charge in [0.05, 0.1) is 16.8 Å². The van der Waals surface area contributed by atoms with Gasteiger partial charge >= 0.3 is 12.3 Å². The van der Waals surface area contributed by atoms with Gasteiger partial charge in [0.1, 0.15) is 23.7 Å². The van der Waals surface area contributed by atoms with Crippen molar-refractivity contribution in [3.63, 3.8) is 0 Å². The van der Waals surface area contributed by atoms with Gasteiger partial charge in [-0.2, -0.15) is 13.2 Å². The van der Waals surface area contributed by atoms with Crippen LogP contribution in [0.3, 0.4) is 0 Å². The van der Waals surface area contributed by atoms with Crippen LogP contribution in [0, 0.1) is 0 Å². The molecule has 2 bridgehead atoms. The van der Waals surface area contributed by atoms with Gasteiger partial charge in [-0.25, -0.2) is 28.5 Å². The number of carbonyl (C=O) groups is 1. The molecule has 0 radical (unpaired) electrons. The molecular weight excluding hydrogens is 439 g/mol. The van der Waals surface area contributed by atoms with Crippen LogP contribution < -0.4 is 15.5 Å². The van der Waals surface area contributed by atoms with E-state index in [4.69, 9.17) is 0 Å². The second kappa shape index (κ2) is 7.50. The number of pyridine rings is 1. The summed E-state index contributed by atoms with van der Waals surface area (Å²) in [7, 11) is 0. The maximum absolute atomic E-state index is 13.7. The van der Waals surface area contributed by atoms with E-state index >= 15 is 0 Å². The number of piperidine rings is 1. The lowest BCUT2D eigenvalue weighted by molar-refractivity contribution is -0.137. The third-order valence-corrected chi connectivity index (χ3v) is 5.85. The Morgan fingerprint density at radius 3 is 2.75 bits per heavy atom. The number of aromatic nitrogens is 3. The highest BCUT2D eigenvalue weighted by Crippen LogP contribution is 2.41. The first-order valence-corrected chi connectivity index (χ1v) is 9.91. The number of halogens is 5. The van der Waals surface area contributed by atoms with E-state index < -0.39 is 30.4 Å². The second-order valence-electron chi connectivity index (χ2n) is 7.85. The normalized spacial score (nSPS) is 24.9. The molecule has 0 saturated carbocycles. The minimum absolute atomic E-state index is 0.0285. The number of carbonyl (C=O) groups excluding carboxylic acids is 1. The van der Waals surface area contributed by atoms with Crippen molar-refractivity contribution in [1.29, 1.82) is 0 Å². The Balaban J connectivity index is 1.66. The van der Waals surface area contributed by atoms with E-state index in [2.05, 4.69) is 30.3 Å². The van der Waals surface area contributed by atoms with Crippen LogP contribution in [0.25, 0.3) is 11.4 Å². The van der Waals surface area contributed by atoms with Crippen LogP contribution >= 0.6 is 0 Å². The maximum atomic E-state index is 13.7. The van der Waals surface area contributed by atoms with Crippen LogP contribution in [-0.2, 0) is 10.9 Å². The summed E-state index contributed by atoms with van der Waals surface area (Å²) in [5.74, 6) is -0.161. The number of anilines is 2. The summed E-state index contributed by atoms with van der Waals surface area (Å²) in [6.45, 7) is 1.24. The number of rotatable bonds is 3. The van der Waals surface area contributed by atoms with Gasteiger partial charge in [-0.15, -0.1) is 0 Å². The number of nitrogens with zero attached hydrogens (tertiary/aromatic N) is 4. The zero-order chi connectivity index (χ0) is 22.6. The van der Waals surface area contributed by atoms with E-state index in [1.54, 1.807) is 4.90 Å². The fraction of sp³-hybridized carbons (Fsp3) is 0.474. The minimum Gasteiger partial charge on any atom is -0.435 e. The number of hydrogen-bond donors (Lipinski definition) is 2. The van der Waals surface area contributed by atoms with Crippen LogP contribution in [0.4, 0.5) is 38.4 Å². The van der Waals surface area contributed by atoms with Gasteiger partial charge in [-0.1, -0.05) is 0 Å². The zero-order valence-electron chi connectivity index (χ0n) is 16.4. The standard InChI is InChI=1S/C19H17F5N6O2/c20-16(21)15-13-14(26-7-27-17(13)29-18(31)32-15)11-3-8(19(22,23)24)4-12(28-11)30-6-9-5-10(30)1-2-25-9/h3-4,7,9-10,15-16,25H,1-2,5-6H2,(H,26,27,29,31). The lowest BCUT2D eigenvalue weighted by Gasteiger charge is -2.28. The van der Waals surface area contributed by atoms with Crippen molar-refractivity contribution in [3.8, 4) is 11.4 Å². The number of ether oxygens (including phenoxy) is 1. The summed E-state index contributed by atoms with van der Waals surface area (Å²) in [4.78, 5) is 25.5. The van der Waals surface area contributed by atoms with Crippen molar-refractivity contribution in [2.75, 3.05) is 23.3 Å². The number of amides is 1. The van der Waals surface area contributed by atoms with Crippen LogP contribution in [0.15, 0.2) is 18.5 Å². The van der Waals surface area contributed by atoms with Crippen molar-refractivity contribution >= 4 is 17.7 Å². The Labute approximate surface area is 178 Å². The summed E-state index contributed by atoms with van der Waals surface area (Å²) in [6, 6.07) is 1.89. The molecule has 2 aromatic heterocycles. The molecule has 0 spiro atoms. The Hall–Kier alpha value is -3.09. The number of nitrogens with one attached hydrogen (secondary N) is 2. The molecule has 3 aliphatic heterocycles. The summed E-state index contributed by atoms with van der Waals surface area (Å²) in [6.07, 6.45) is -8.51. The highest BCUT2D eigenvalue weighted by atomic mass is 19.4. The molecule has 3 aliphatic rings. The van der Waals surface area contributed by atoms with Gasteiger partial charge in [-0.3, -0.25) is 5.32 Å². The number of alkyl halides is 5. The average Bonchev–Trinajstić information content (AvgIpc) is 3.04. The van der Waals surface area contributed by atoms with Gasteiger partial charge in [0, 0.05) is 18.6 Å². The third kappa shape index (κ3) is 3.59. The minimum atomic E-state index is -4.70.